The highest BCUT2D eigenvalue weighted by Gasteiger charge is 2.30. The van der Waals surface area contributed by atoms with Gasteiger partial charge in [-0.25, -0.2) is 4.39 Å². The first-order chi connectivity index (χ1) is 12.4. The van der Waals surface area contributed by atoms with Gasteiger partial charge in [0, 0.05) is 19.2 Å². The predicted octanol–water partition coefficient (Wildman–Crippen LogP) is 3.56. The molecule has 0 saturated carbocycles. The molecule has 136 valence electrons. The van der Waals surface area contributed by atoms with E-state index in [1.165, 1.54) is 24.3 Å². The van der Waals surface area contributed by atoms with Crippen LogP contribution in [0.5, 0.6) is 0 Å². The lowest BCUT2D eigenvalue weighted by Crippen LogP contribution is -2.36. The molecule has 2 N–H and O–H groups in total. The van der Waals surface area contributed by atoms with Gasteiger partial charge in [0.25, 0.3) is 0 Å². The van der Waals surface area contributed by atoms with Crippen LogP contribution in [0.3, 0.4) is 0 Å². The number of aliphatic imine (C=N–C) groups is 1. The molecule has 0 aliphatic carbocycles. The molecule has 0 atom stereocenters. The average Bonchev–Trinajstić information content (AvgIpc) is 2.61. The summed E-state index contributed by atoms with van der Waals surface area (Å²) < 4.78 is 51.1. The zero-order valence-corrected chi connectivity index (χ0v) is 14.0. The summed E-state index contributed by atoms with van der Waals surface area (Å²) in [5.74, 6) is 5.55. The second kappa shape index (κ2) is 8.90. The first-order valence-electron chi connectivity index (χ1n) is 7.73. The van der Waals surface area contributed by atoms with Crippen molar-refractivity contribution in [3.63, 3.8) is 0 Å². The fourth-order valence-corrected chi connectivity index (χ4v) is 2.10. The minimum atomic E-state index is -4.39. The summed E-state index contributed by atoms with van der Waals surface area (Å²) in [6, 6.07) is 11.0. The number of benzene rings is 2. The molecule has 3 nitrogen and oxygen atoms in total. The molecule has 26 heavy (non-hydrogen) atoms. The number of hydrogen-bond donors (Lipinski definition) is 2. The highest BCUT2D eigenvalue weighted by Crippen LogP contribution is 2.29. The Hall–Kier alpha value is -3.01. The zero-order valence-electron chi connectivity index (χ0n) is 14.0. The molecular formula is C19H17F4N3. The van der Waals surface area contributed by atoms with E-state index >= 15 is 0 Å². The second-order valence-electron chi connectivity index (χ2n) is 5.29. The molecule has 0 radical (unpaired) electrons. The molecule has 0 unspecified atom stereocenters. The Labute approximate surface area is 149 Å². The number of nitrogens with zero attached hydrogens (tertiary/aromatic N) is 1. The lowest BCUT2D eigenvalue weighted by Gasteiger charge is -2.10. The van der Waals surface area contributed by atoms with Crippen LogP contribution >= 0.6 is 0 Å². The largest absolute Gasteiger partial charge is 0.416 e. The highest BCUT2D eigenvalue weighted by atomic mass is 19.4. The quantitative estimate of drug-likeness (QED) is 0.379. The lowest BCUT2D eigenvalue weighted by molar-refractivity contribution is -0.137. The number of hydrogen-bond acceptors (Lipinski definition) is 1. The summed E-state index contributed by atoms with van der Waals surface area (Å²) in [5.41, 5.74) is 0.303. The van der Waals surface area contributed by atoms with Gasteiger partial charge in [-0.05, 0) is 35.9 Å². The van der Waals surface area contributed by atoms with Crippen molar-refractivity contribution in [2.24, 2.45) is 4.99 Å². The second-order valence-corrected chi connectivity index (χ2v) is 5.29. The van der Waals surface area contributed by atoms with E-state index < -0.39 is 11.7 Å². The Morgan fingerprint density at radius 3 is 2.54 bits per heavy atom. The van der Waals surface area contributed by atoms with Gasteiger partial charge in [-0.15, -0.1) is 0 Å². The van der Waals surface area contributed by atoms with E-state index in [0.29, 0.717) is 12.5 Å². The third-order valence-electron chi connectivity index (χ3n) is 3.34. The van der Waals surface area contributed by atoms with Crippen molar-refractivity contribution < 1.29 is 17.6 Å². The van der Waals surface area contributed by atoms with Crippen molar-refractivity contribution in [1.29, 1.82) is 0 Å². The first kappa shape index (κ1) is 19.3. The van der Waals surface area contributed by atoms with Crippen LogP contribution in [0, 0.1) is 17.7 Å². The zero-order chi connectivity index (χ0) is 19.0. The molecule has 2 aromatic carbocycles. The summed E-state index contributed by atoms with van der Waals surface area (Å²) in [7, 11) is 1.57. The Kier molecular flexibility index (Phi) is 6.61. The predicted molar refractivity (Wildman–Crippen MR) is 92.9 cm³/mol. The van der Waals surface area contributed by atoms with Crippen molar-refractivity contribution in [2.45, 2.75) is 12.7 Å². The van der Waals surface area contributed by atoms with Crippen LogP contribution in [-0.4, -0.2) is 19.6 Å². The molecule has 0 aromatic heterocycles. The molecule has 2 rings (SSSR count). The van der Waals surface area contributed by atoms with Gasteiger partial charge in [-0.3, -0.25) is 4.99 Å². The number of rotatable bonds is 3. The van der Waals surface area contributed by atoms with Crippen molar-refractivity contribution in [3.05, 3.63) is 71.0 Å². The van der Waals surface area contributed by atoms with Crippen molar-refractivity contribution in [2.75, 3.05) is 13.6 Å². The standard InChI is InChI=1S/C19H17F4N3/c1-24-18(26-13-15-6-3-9-17(20)12-15)25-10-4-7-14-5-2-8-16(11-14)19(21,22)23/h2-3,5-6,8-9,11-12H,10,13H2,1H3,(H2,24,25,26). The Balaban J connectivity index is 1.87. The smallest absolute Gasteiger partial charge is 0.352 e. The van der Waals surface area contributed by atoms with Crippen LogP contribution in [0.1, 0.15) is 16.7 Å². The fraction of sp³-hybridized carbons (Fsp3) is 0.211. The number of guanidine groups is 1. The molecule has 0 heterocycles. The van der Waals surface area contributed by atoms with E-state index in [4.69, 9.17) is 0 Å². The van der Waals surface area contributed by atoms with Gasteiger partial charge >= 0.3 is 6.18 Å². The number of nitrogens with one attached hydrogen (secondary N) is 2. The summed E-state index contributed by atoms with van der Waals surface area (Å²) in [6.07, 6.45) is -4.39. The number of halogens is 4. The molecule has 0 saturated heterocycles. The molecule has 0 aliphatic heterocycles. The van der Waals surface area contributed by atoms with Gasteiger partial charge in [0.15, 0.2) is 5.96 Å². The molecule has 7 heteroatoms. The Morgan fingerprint density at radius 1 is 1.08 bits per heavy atom. The topological polar surface area (TPSA) is 36.4 Å². The highest BCUT2D eigenvalue weighted by molar-refractivity contribution is 5.79. The molecule has 0 bridgehead atoms. The third-order valence-corrected chi connectivity index (χ3v) is 3.34. The van der Waals surface area contributed by atoms with E-state index in [2.05, 4.69) is 27.5 Å². The molecule has 0 spiro atoms. The van der Waals surface area contributed by atoms with Crippen LogP contribution < -0.4 is 10.6 Å². The summed E-state index contributed by atoms with van der Waals surface area (Å²) >= 11 is 0. The van der Waals surface area contributed by atoms with E-state index in [-0.39, 0.29) is 17.9 Å². The van der Waals surface area contributed by atoms with Crippen LogP contribution in [-0.2, 0) is 12.7 Å². The van der Waals surface area contributed by atoms with E-state index in [0.717, 1.165) is 17.7 Å². The Bertz CT molecular complexity index is 832. The van der Waals surface area contributed by atoms with E-state index in [1.807, 2.05) is 0 Å². The van der Waals surface area contributed by atoms with Crippen LogP contribution in [0.15, 0.2) is 53.5 Å². The lowest BCUT2D eigenvalue weighted by atomic mass is 10.1. The summed E-state index contributed by atoms with van der Waals surface area (Å²) in [4.78, 5) is 4.00. The molecule has 2 aromatic rings. The minimum absolute atomic E-state index is 0.194. The Morgan fingerprint density at radius 2 is 1.85 bits per heavy atom. The van der Waals surface area contributed by atoms with Gasteiger partial charge in [0.05, 0.1) is 12.1 Å². The average molecular weight is 363 g/mol. The van der Waals surface area contributed by atoms with Gasteiger partial charge in [0.1, 0.15) is 5.82 Å². The molecule has 0 fully saturated rings. The summed E-state index contributed by atoms with van der Waals surface area (Å²) in [5, 5.41) is 5.91. The number of alkyl halides is 3. The molecular weight excluding hydrogens is 346 g/mol. The normalized spacial score (nSPS) is 11.5. The van der Waals surface area contributed by atoms with E-state index in [9.17, 15) is 17.6 Å². The van der Waals surface area contributed by atoms with Gasteiger partial charge < -0.3 is 10.6 Å². The van der Waals surface area contributed by atoms with Crippen molar-refractivity contribution in [1.82, 2.24) is 10.6 Å². The van der Waals surface area contributed by atoms with E-state index in [1.54, 1.807) is 19.2 Å². The minimum Gasteiger partial charge on any atom is -0.352 e. The maximum absolute atomic E-state index is 13.1. The van der Waals surface area contributed by atoms with Crippen molar-refractivity contribution in [3.8, 4) is 11.8 Å². The van der Waals surface area contributed by atoms with Gasteiger partial charge in [-0.2, -0.15) is 13.2 Å². The third kappa shape index (κ3) is 6.13. The summed E-state index contributed by atoms with van der Waals surface area (Å²) in [6.45, 7) is 0.567. The first-order valence-corrected chi connectivity index (χ1v) is 7.73. The maximum atomic E-state index is 13.1. The van der Waals surface area contributed by atoms with Gasteiger partial charge in [-0.1, -0.05) is 30.0 Å². The van der Waals surface area contributed by atoms with Gasteiger partial charge in [0.2, 0.25) is 0 Å². The molecule has 0 amide bonds. The SMILES string of the molecule is CN=C(NCC#Cc1cccc(C(F)(F)F)c1)NCc1cccc(F)c1. The van der Waals surface area contributed by atoms with Crippen LogP contribution in [0.4, 0.5) is 17.6 Å². The van der Waals surface area contributed by atoms with Crippen LogP contribution in [0.2, 0.25) is 0 Å². The fourth-order valence-electron chi connectivity index (χ4n) is 2.10. The van der Waals surface area contributed by atoms with Crippen molar-refractivity contribution >= 4 is 5.96 Å². The molecule has 0 aliphatic rings. The van der Waals surface area contributed by atoms with Crippen LogP contribution in [0.25, 0.3) is 0 Å². The monoisotopic (exact) mass is 363 g/mol. The maximum Gasteiger partial charge on any atom is 0.416 e.